The van der Waals surface area contributed by atoms with Gasteiger partial charge in [0.2, 0.25) is 0 Å². The molecule has 0 unspecified atom stereocenters. The van der Waals surface area contributed by atoms with Crippen LogP contribution in [0.2, 0.25) is 0 Å². The molecule has 0 heterocycles. The molecule has 2 atom stereocenters. The second-order valence-corrected chi connectivity index (χ2v) is 6.30. The van der Waals surface area contributed by atoms with Crippen molar-refractivity contribution in [3.05, 3.63) is 70.8 Å². The third-order valence-corrected chi connectivity index (χ3v) is 4.01. The molecule has 0 amide bonds. The molecule has 0 spiro atoms. The van der Waals surface area contributed by atoms with Crippen LogP contribution in [0.15, 0.2) is 48.5 Å². The van der Waals surface area contributed by atoms with Gasteiger partial charge in [-0.15, -0.1) is 0 Å². The maximum atomic E-state index is 12.2. The molecule has 2 aromatic carbocycles. The fraction of sp³-hybridized carbons (Fsp3) is 0.333. The van der Waals surface area contributed by atoms with Crippen LogP contribution in [0, 0.1) is 13.8 Å². The van der Waals surface area contributed by atoms with Gasteiger partial charge >= 0.3 is 11.9 Å². The van der Waals surface area contributed by atoms with E-state index in [0.717, 1.165) is 11.1 Å². The van der Waals surface area contributed by atoms with Crippen LogP contribution in [-0.4, -0.2) is 24.1 Å². The lowest BCUT2D eigenvalue weighted by Crippen LogP contribution is -2.24. The topological polar surface area (TPSA) is 52.6 Å². The second kappa shape index (κ2) is 8.47. The maximum Gasteiger partial charge on any atom is 0.338 e. The Kier molecular flexibility index (Phi) is 6.34. The van der Waals surface area contributed by atoms with Crippen molar-refractivity contribution in [3.8, 4) is 0 Å². The number of ether oxygens (including phenoxy) is 2. The summed E-state index contributed by atoms with van der Waals surface area (Å²) in [6.07, 6.45) is -0.270. The number of hydrogen-bond acceptors (Lipinski definition) is 4. The van der Waals surface area contributed by atoms with E-state index in [1.165, 1.54) is 0 Å². The van der Waals surface area contributed by atoms with Crippen LogP contribution in [0.3, 0.4) is 0 Å². The average molecular weight is 340 g/mol. The molecule has 0 aliphatic rings. The SMILES string of the molecule is Cc1ccccc1C(=O)O[C@H](C)C[C@H](C)OC(=O)c1ccccc1C. The van der Waals surface area contributed by atoms with Crippen molar-refractivity contribution in [1.82, 2.24) is 0 Å². The Morgan fingerprint density at radius 1 is 0.760 bits per heavy atom. The van der Waals surface area contributed by atoms with Crippen molar-refractivity contribution >= 4 is 11.9 Å². The van der Waals surface area contributed by atoms with Gasteiger partial charge in [0, 0.05) is 6.42 Å². The first-order chi connectivity index (χ1) is 11.9. The Morgan fingerprint density at radius 3 is 1.48 bits per heavy atom. The van der Waals surface area contributed by atoms with Crippen LogP contribution < -0.4 is 0 Å². The van der Waals surface area contributed by atoms with E-state index in [0.29, 0.717) is 17.5 Å². The first-order valence-electron chi connectivity index (χ1n) is 8.41. The van der Waals surface area contributed by atoms with Crippen LogP contribution >= 0.6 is 0 Å². The van der Waals surface area contributed by atoms with Crippen LogP contribution in [0.25, 0.3) is 0 Å². The summed E-state index contributed by atoms with van der Waals surface area (Å²) in [5, 5.41) is 0. The van der Waals surface area contributed by atoms with Crippen LogP contribution in [0.4, 0.5) is 0 Å². The summed E-state index contributed by atoms with van der Waals surface area (Å²) in [4.78, 5) is 24.4. The molecule has 2 aromatic rings. The van der Waals surface area contributed by atoms with E-state index in [2.05, 4.69) is 0 Å². The van der Waals surface area contributed by atoms with E-state index in [-0.39, 0.29) is 24.1 Å². The summed E-state index contributed by atoms with van der Waals surface area (Å²) in [7, 11) is 0. The molecule has 0 aliphatic heterocycles. The lowest BCUT2D eigenvalue weighted by molar-refractivity contribution is 0.00757. The van der Waals surface area contributed by atoms with E-state index in [9.17, 15) is 9.59 Å². The molecule has 0 saturated heterocycles. The quantitative estimate of drug-likeness (QED) is 0.727. The monoisotopic (exact) mass is 340 g/mol. The highest BCUT2D eigenvalue weighted by molar-refractivity contribution is 5.91. The molecule has 0 radical (unpaired) electrons. The van der Waals surface area contributed by atoms with Gasteiger partial charge in [0.25, 0.3) is 0 Å². The summed E-state index contributed by atoms with van der Waals surface area (Å²) >= 11 is 0. The van der Waals surface area contributed by atoms with E-state index < -0.39 is 0 Å². The van der Waals surface area contributed by atoms with E-state index in [1.807, 2.05) is 38.1 Å². The van der Waals surface area contributed by atoms with Gasteiger partial charge < -0.3 is 9.47 Å². The predicted octanol–water partition coefficient (Wildman–Crippen LogP) is 4.48. The Balaban J connectivity index is 1.89. The Hall–Kier alpha value is -2.62. The number of esters is 2. The molecule has 4 heteroatoms. The number of aryl methyl sites for hydroxylation is 2. The van der Waals surface area contributed by atoms with E-state index >= 15 is 0 Å². The molecule has 4 nitrogen and oxygen atoms in total. The van der Waals surface area contributed by atoms with Gasteiger partial charge in [0.15, 0.2) is 0 Å². The molecule has 0 aliphatic carbocycles. The number of carbonyl (C=O) groups is 2. The zero-order chi connectivity index (χ0) is 18.4. The van der Waals surface area contributed by atoms with Gasteiger partial charge in [-0.1, -0.05) is 36.4 Å². The molecule has 0 fully saturated rings. The van der Waals surface area contributed by atoms with Crippen molar-refractivity contribution in [3.63, 3.8) is 0 Å². The molecular weight excluding hydrogens is 316 g/mol. The summed E-state index contributed by atoms with van der Waals surface area (Å²) in [6.45, 7) is 7.34. The standard InChI is InChI=1S/C21H24O4/c1-14-9-5-7-11-18(14)20(22)24-16(3)13-17(4)25-21(23)19-12-8-6-10-15(19)2/h5-12,16-17H,13H2,1-4H3/t16-,17+. The zero-order valence-electron chi connectivity index (χ0n) is 15.1. The lowest BCUT2D eigenvalue weighted by atomic mass is 10.1. The maximum absolute atomic E-state index is 12.2. The van der Waals surface area contributed by atoms with Gasteiger partial charge in [0.1, 0.15) is 12.2 Å². The zero-order valence-corrected chi connectivity index (χ0v) is 15.1. The van der Waals surface area contributed by atoms with Gasteiger partial charge in [0.05, 0.1) is 11.1 Å². The summed E-state index contributed by atoms with van der Waals surface area (Å²) < 4.78 is 10.9. The average Bonchev–Trinajstić information content (AvgIpc) is 2.55. The van der Waals surface area contributed by atoms with Crippen molar-refractivity contribution in [2.24, 2.45) is 0 Å². The molecule has 0 N–H and O–H groups in total. The summed E-state index contributed by atoms with van der Waals surface area (Å²) in [5.74, 6) is -0.717. The summed E-state index contributed by atoms with van der Waals surface area (Å²) in [5.41, 5.74) is 2.86. The Morgan fingerprint density at radius 2 is 1.12 bits per heavy atom. The minimum atomic E-state index is -0.358. The molecule has 2 rings (SSSR count). The van der Waals surface area contributed by atoms with Gasteiger partial charge in [-0.05, 0) is 51.0 Å². The lowest BCUT2D eigenvalue weighted by Gasteiger charge is -2.19. The van der Waals surface area contributed by atoms with Gasteiger partial charge in [-0.3, -0.25) is 0 Å². The molecule has 25 heavy (non-hydrogen) atoms. The molecule has 0 saturated carbocycles. The minimum absolute atomic E-state index is 0.355. The number of rotatable bonds is 6. The van der Waals surface area contributed by atoms with Crippen LogP contribution in [-0.2, 0) is 9.47 Å². The Bertz CT molecular complexity index is 688. The number of benzene rings is 2. The first kappa shape index (κ1) is 18.7. The van der Waals surface area contributed by atoms with Crippen LogP contribution in [0.1, 0.15) is 52.1 Å². The number of carbonyl (C=O) groups excluding carboxylic acids is 2. The first-order valence-corrected chi connectivity index (χ1v) is 8.41. The highest BCUT2D eigenvalue weighted by Crippen LogP contribution is 2.15. The normalized spacial score (nSPS) is 13.0. The smallest absolute Gasteiger partial charge is 0.338 e. The van der Waals surface area contributed by atoms with E-state index in [4.69, 9.17) is 9.47 Å². The van der Waals surface area contributed by atoms with Gasteiger partial charge in [-0.25, -0.2) is 9.59 Å². The molecule has 132 valence electrons. The Labute approximate surface area is 148 Å². The van der Waals surface area contributed by atoms with E-state index in [1.54, 1.807) is 38.1 Å². The third kappa shape index (κ3) is 5.18. The van der Waals surface area contributed by atoms with Crippen molar-refractivity contribution in [1.29, 1.82) is 0 Å². The molecule has 0 bridgehead atoms. The summed E-state index contributed by atoms with van der Waals surface area (Å²) in [6, 6.07) is 14.6. The third-order valence-electron chi connectivity index (χ3n) is 4.01. The van der Waals surface area contributed by atoms with Crippen molar-refractivity contribution < 1.29 is 19.1 Å². The minimum Gasteiger partial charge on any atom is -0.459 e. The second-order valence-electron chi connectivity index (χ2n) is 6.30. The highest BCUT2D eigenvalue weighted by atomic mass is 16.6. The predicted molar refractivity (Wildman–Crippen MR) is 96.7 cm³/mol. The fourth-order valence-electron chi connectivity index (χ4n) is 2.66. The number of hydrogen-bond donors (Lipinski definition) is 0. The fourth-order valence-corrected chi connectivity index (χ4v) is 2.66. The van der Waals surface area contributed by atoms with Crippen molar-refractivity contribution in [2.75, 3.05) is 0 Å². The van der Waals surface area contributed by atoms with Crippen LogP contribution in [0.5, 0.6) is 0 Å². The van der Waals surface area contributed by atoms with Crippen molar-refractivity contribution in [2.45, 2.75) is 46.3 Å². The largest absolute Gasteiger partial charge is 0.459 e. The molecule has 0 aromatic heterocycles. The molecular formula is C21H24O4. The van der Waals surface area contributed by atoms with Gasteiger partial charge in [-0.2, -0.15) is 0 Å². The highest BCUT2D eigenvalue weighted by Gasteiger charge is 2.19.